The summed E-state index contributed by atoms with van der Waals surface area (Å²) >= 11 is 0. The molecule has 0 spiro atoms. The van der Waals surface area contributed by atoms with E-state index in [9.17, 15) is 0 Å². The SMILES string of the molecule is C=C(C)N=C(C)/C(=C\CC)N(C)C(=C)C(C)(C)C. The monoisotopic (exact) mass is 248 g/mol. The summed E-state index contributed by atoms with van der Waals surface area (Å²) in [4.78, 5) is 6.58. The highest BCUT2D eigenvalue weighted by molar-refractivity contribution is 5.98. The third kappa shape index (κ3) is 4.91. The molecule has 18 heavy (non-hydrogen) atoms. The first kappa shape index (κ1) is 16.7. The van der Waals surface area contributed by atoms with E-state index >= 15 is 0 Å². The molecule has 0 aromatic carbocycles. The molecule has 0 amide bonds. The molecule has 0 aliphatic rings. The Morgan fingerprint density at radius 3 is 2.06 bits per heavy atom. The molecule has 0 aliphatic carbocycles. The average molecular weight is 248 g/mol. The van der Waals surface area contributed by atoms with E-state index in [0.29, 0.717) is 0 Å². The van der Waals surface area contributed by atoms with Crippen LogP contribution in [0.3, 0.4) is 0 Å². The minimum Gasteiger partial charge on any atom is -0.347 e. The van der Waals surface area contributed by atoms with Gasteiger partial charge in [0.2, 0.25) is 0 Å². The van der Waals surface area contributed by atoms with Gasteiger partial charge in [0, 0.05) is 23.9 Å². The molecule has 0 aromatic rings. The average Bonchev–Trinajstić information content (AvgIpc) is 2.21. The third-order valence-corrected chi connectivity index (χ3v) is 2.76. The second-order valence-corrected chi connectivity index (χ2v) is 5.69. The van der Waals surface area contributed by atoms with Gasteiger partial charge in [0.15, 0.2) is 0 Å². The fourth-order valence-corrected chi connectivity index (χ4v) is 1.71. The molecular formula is C16H28N2. The number of hydrogen-bond acceptors (Lipinski definition) is 2. The normalized spacial score (nSPS) is 13.5. The molecule has 0 heterocycles. The van der Waals surface area contributed by atoms with E-state index < -0.39 is 0 Å². The second kappa shape index (κ2) is 6.58. The van der Waals surface area contributed by atoms with Gasteiger partial charge in [-0.05, 0) is 20.3 Å². The molecule has 0 rings (SSSR count). The number of aliphatic imine (C=N–C) groups is 1. The molecule has 0 saturated carbocycles. The molecule has 0 N–H and O–H groups in total. The maximum absolute atomic E-state index is 4.45. The van der Waals surface area contributed by atoms with Gasteiger partial charge in [-0.3, -0.25) is 4.99 Å². The van der Waals surface area contributed by atoms with Gasteiger partial charge in [-0.15, -0.1) is 0 Å². The van der Waals surface area contributed by atoms with Crippen molar-refractivity contribution in [2.75, 3.05) is 7.05 Å². The van der Waals surface area contributed by atoms with E-state index in [-0.39, 0.29) is 5.41 Å². The van der Waals surface area contributed by atoms with Gasteiger partial charge in [-0.2, -0.15) is 0 Å². The first-order valence-corrected chi connectivity index (χ1v) is 6.45. The van der Waals surface area contributed by atoms with Crippen LogP contribution in [0.25, 0.3) is 0 Å². The van der Waals surface area contributed by atoms with Gasteiger partial charge in [-0.1, -0.05) is 46.9 Å². The number of allylic oxidation sites excluding steroid dienone is 4. The first-order valence-electron chi connectivity index (χ1n) is 6.45. The first-order chi connectivity index (χ1) is 8.11. The second-order valence-electron chi connectivity index (χ2n) is 5.69. The third-order valence-electron chi connectivity index (χ3n) is 2.76. The van der Waals surface area contributed by atoms with Crippen LogP contribution in [0, 0.1) is 5.41 Å². The lowest BCUT2D eigenvalue weighted by Crippen LogP contribution is -2.28. The van der Waals surface area contributed by atoms with E-state index in [1.165, 1.54) is 0 Å². The van der Waals surface area contributed by atoms with Crippen molar-refractivity contribution < 1.29 is 0 Å². The molecule has 0 radical (unpaired) electrons. The summed E-state index contributed by atoms with van der Waals surface area (Å²) in [5.74, 6) is 0. The predicted molar refractivity (Wildman–Crippen MR) is 82.7 cm³/mol. The summed E-state index contributed by atoms with van der Waals surface area (Å²) < 4.78 is 0. The van der Waals surface area contributed by atoms with E-state index in [1.54, 1.807) is 0 Å². The molecule has 0 aromatic heterocycles. The van der Waals surface area contributed by atoms with Crippen molar-refractivity contribution in [1.29, 1.82) is 0 Å². The van der Waals surface area contributed by atoms with Crippen LogP contribution in [-0.2, 0) is 0 Å². The van der Waals surface area contributed by atoms with Crippen molar-refractivity contribution in [3.63, 3.8) is 0 Å². The van der Waals surface area contributed by atoms with Gasteiger partial charge in [0.1, 0.15) is 0 Å². The Balaban J connectivity index is 5.35. The van der Waals surface area contributed by atoms with Gasteiger partial charge in [0.05, 0.1) is 11.4 Å². The molecule has 0 atom stereocenters. The van der Waals surface area contributed by atoms with Crippen molar-refractivity contribution in [2.45, 2.75) is 48.0 Å². The highest BCUT2D eigenvalue weighted by atomic mass is 15.1. The zero-order valence-electron chi connectivity index (χ0n) is 13.1. The summed E-state index contributed by atoms with van der Waals surface area (Å²) in [6.45, 7) is 20.6. The summed E-state index contributed by atoms with van der Waals surface area (Å²) in [5.41, 5.74) is 4.05. The summed E-state index contributed by atoms with van der Waals surface area (Å²) in [6.07, 6.45) is 3.15. The molecule has 2 nitrogen and oxygen atoms in total. The van der Waals surface area contributed by atoms with Crippen molar-refractivity contribution in [1.82, 2.24) is 4.90 Å². The quantitative estimate of drug-likeness (QED) is 0.640. The fraction of sp³-hybridized carbons (Fsp3) is 0.562. The summed E-state index contributed by atoms with van der Waals surface area (Å²) in [5, 5.41) is 0. The standard InChI is InChI=1S/C16H28N2/c1-10-11-15(13(4)17-12(2)3)18(9)14(5)16(6,7)8/h11H,2,5,10H2,1,3-4,6-9H3/b15-11+,17-13?. The lowest BCUT2D eigenvalue weighted by atomic mass is 9.91. The summed E-state index contributed by atoms with van der Waals surface area (Å²) in [7, 11) is 2.05. The Morgan fingerprint density at radius 1 is 1.22 bits per heavy atom. The van der Waals surface area contributed by atoms with E-state index in [1.807, 2.05) is 20.9 Å². The van der Waals surface area contributed by atoms with Gasteiger partial charge >= 0.3 is 0 Å². The Bertz CT molecular complexity index is 378. The van der Waals surface area contributed by atoms with Crippen molar-refractivity contribution >= 4 is 5.71 Å². The van der Waals surface area contributed by atoms with Gasteiger partial charge in [-0.25, -0.2) is 0 Å². The zero-order valence-corrected chi connectivity index (χ0v) is 13.1. The molecule has 0 aliphatic heterocycles. The van der Waals surface area contributed by atoms with Gasteiger partial charge in [0.25, 0.3) is 0 Å². The predicted octanol–water partition coefficient (Wildman–Crippen LogP) is 4.77. The van der Waals surface area contributed by atoms with Gasteiger partial charge < -0.3 is 4.90 Å². The van der Waals surface area contributed by atoms with Crippen molar-refractivity contribution in [3.8, 4) is 0 Å². The molecule has 102 valence electrons. The fourth-order valence-electron chi connectivity index (χ4n) is 1.71. The van der Waals surface area contributed by atoms with Crippen LogP contribution in [-0.4, -0.2) is 17.7 Å². The maximum Gasteiger partial charge on any atom is 0.0608 e. The highest BCUT2D eigenvalue weighted by Crippen LogP contribution is 2.28. The zero-order chi connectivity index (χ0) is 14.5. The minimum absolute atomic E-state index is 0.0467. The Hall–Kier alpha value is -1.31. The smallest absolute Gasteiger partial charge is 0.0608 e. The highest BCUT2D eigenvalue weighted by Gasteiger charge is 2.21. The van der Waals surface area contributed by atoms with E-state index in [0.717, 1.165) is 29.2 Å². The topological polar surface area (TPSA) is 15.6 Å². The largest absolute Gasteiger partial charge is 0.347 e. The van der Waals surface area contributed by atoms with Crippen molar-refractivity contribution in [2.24, 2.45) is 10.4 Å². The maximum atomic E-state index is 4.45. The van der Waals surface area contributed by atoms with Crippen LogP contribution in [0.4, 0.5) is 0 Å². The summed E-state index contributed by atoms with van der Waals surface area (Å²) in [6, 6.07) is 0. The molecule has 0 bridgehead atoms. The molecule has 0 unspecified atom stereocenters. The molecule has 0 fully saturated rings. The van der Waals surface area contributed by atoms with E-state index in [4.69, 9.17) is 0 Å². The van der Waals surface area contributed by atoms with Crippen LogP contribution in [0.15, 0.2) is 41.3 Å². The molecule has 2 heteroatoms. The number of rotatable bonds is 5. The Labute approximate surface area is 113 Å². The lowest BCUT2D eigenvalue weighted by molar-refractivity contribution is 0.369. The molecular weight excluding hydrogens is 220 g/mol. The van der Waals surface area contributed by atoms with Crippen molar-refractivity contribution in [3.05, 3.63) is 36.3 Å². The van der Waals surface area contributed by atoms with Crippen LogP contribution in [0.1, 0.15) is 48.0 Å². The van der Waals surface area contributed by atoms with E-state index in [2.05, 4.69) is 56.8 Å². The Kier molecular flexibility index (Phi) is 6.10. The van der Waals surface area contributed by atoms with Crippen LogP contribution >= 0.6 is 0 Å². The number of nitrogens with zero attached hydrogens (tertiary/aromatic N) is 2. The number of hydrogen-bond donors (Lipinski definition) is 0. The Morgan fingerprint density at radius 2 is 1.72 bits per heavy atom. The molecule has 0 saturated heterocycles. The van der Waals surface area contributed by atoms with Crippen LogP contribution in [0.2, 0.25) is 0 Å². The van der Waals surface area contributed by atoms with Crippen LogP contribution in [0.5, 0.6) is 0 Å². The minimum atomic E-state index is 0.0467. The van der Waals surface area contributed by atoms with Crippen LogP contribution < -0.4 is 0 Å². The lowest BCUT2D eigenvalue weighted by Gasteiger charge is -2.33.